The molecule has 0 atom stereocenters. The Labute approximate surface area is 98.2 Å². The molecule has 0 saturated heterocycles. The number of benzene rings is 1. The monoisotopic (exact) mass is 271 g/mol. The molecule has 0 aliphatic heterocycles. The quantitative estimate of drug-likeness (QED) is 0.885. The Kier molecular flexibility index (Phi) is 3.42. The molecule has 1 aromatic rings. The van der Waals surface area contributed by atoms with Crippen LogP contribution >= 0.6 is 15.9 Å². The lowest BCUT2D eigenvalue weighted by atomic mass is 10.1. The van der Waals surface area contributed by atoms with Crippen LogP contribution in [0, 0.1) is 18.7 Å². The maximum absolute atomic E-state index is 13.5. The van der Waals surface area contributed by atoms with E-state index in [4.69, 9.17) is 0 Å². The predicted octanol–water partition coefficient (Wildman–Crippen LogP) is 3.40. The van der Waals surface area contributed by atoms with Crippen molar-refractivity contribution < 1.29 is 4.39 Å². The molecule has 0 radical (unpaired) electrons. The third-order valence-electron chi connectivity index (χ3n) is 2.77. The van der Waals surface area contributed by atoms with E-state index in [0.717, 1.165) is 28.1 Å². The molecule has 3 heteroatoms. The number of rotatable bonds is 4. The summed E-state index contributed by atoms with van der Waals surface area (Å²) < 4.78 is 14.3. The van der Waals surface area contributed by atoms with Crippen LogP contribution in [0.4, 0.5) is 4.39 Å². The summed E-state index contributed by atoms with van der Waals surface area (Å²) >= 11 is 3.32. The standard InChI is InChI=1S/C12H15BrFN/c1-8-4-10(12(14)5-11(8)13)7-15-6-9-2-3-9/h4-5,9,15H,2-3,6-7H2,1H3. The van der Waals surface area contributed by atoms with E-state index in [1.807, 2.05) is 13.0 Å². The molecule has 2 rings (SSSR count). The fraction of sp³-hybridized carbons (Fsp3) is 0.500. The SMILES string of the molecule is Cc1cc(CNCC2CC2)c(F)cc1Br. The molecule has 1 aromatic carbocycles. The van der Waals surface area contributed by atoms with Crippen molar-refractivity contribution in [2.75, 3.05) is 6.54 Å². The van der Waals surface area contributed by atoms with Gasteiger partial charge < -0.3 is 5.32 Å². The van der Waals surface area contributed by atoms with Gasteiger partial charge >= 0.3 is 0 Å². The second-order valence-corrected chi connectivity index (χ2v) is 5.12. The minimum atomic E-state index is -0.129. The second kappa shape index (κ2) is 4.62. The topological polar surface area (TPSA) is 12.0 Å². The van der Waals surface area contributed by atoms with Gasteiger partial charge in [0.1, 0.15) is 5.82 Å². The van der Waals surface area contributed by atoms with Gasteiger partial charge in [0.25, 0.3) is 0 Å². The van der Waals surface area contributed by atoms with Crippen LogP contribution < -0.4 is 5.32 Å². The average Bonchev–Trinajstić information content (AvgIpc) is 2.97. The Morgan fingerprint density at radius 2 is 2.20 bits per heavy atom. The van der Waals surface area contributed by atoms with Gasteiger partial charge in [-0.1, -0.05) is 22.0 Å². The molecule has 1 nitrogen and oxygen atoms in total. The first-order chi connectivity index (χ1) is 7.16. The largest absolute Gasteiger partial charge is 0.312 e. The van der Waals surface area contributed by atoms with Crippen LogP contribution in [0.25, 0.3) is 0 Å². The summed E-state index contributed by atoms with van der Waals surface area (Å²) in [6, 6.07) is 3.45. The molecule has 0 bridgehead atoms. The number of aryl methyl sites for hydroxylation is 1. The predicted molar refractivity (Wildman–Crippen MR) is 63.3 cm³/mol. The van der Waals surface area contributed by atoms with Crippen LogP contribution in [0.2, 0.25) is 0 Å². The molecule has 0 amide bonds. The van der Waals surface area contributed by atoms with Gasteiger partial charge in [-0.2, -0.15) is 0 Å². The third-order valence-corrected chi connectivity index (χ3v) is 3.63. The number of halogens is 2. The third kappa shape index (κ3) is 3.02. The van der Waals surface area contributed by atoms with E-state index in [9.17, 15) is 4.39 Å². The van der Waals surface area contributed by atoms with E-state index in [1.165, 1.54) is 12.8 Å². The van der Waals surface area contributed by atoms with Gasteiger partial charge in [-0.15, -0.1) is 0 Å². The Bertz CT molecular complexity index is 361. The highest BCUT2D eigenvalue weighted by atomic mass is 79.9. The maximum atomic E-state index is 13.5. The zero-order valence-electron chi connectivity index (χ0n) is 8.82. The van der Waals surface area contributed by atoms with Crippen LogP contribution in [0.5, 0.6) is 0 Å². The van der Waals surface area contributed by atoms with Crippen molar-refractivity contribution in [3.8, 4) is 0 Å². The number of nitrogens with one attached hydrogen (secondary N) is 1. The van der Waals surface area contributed by atoms with Gasteiger partial charge in [0, 0.05) is 16.6 Å². The number of hydrogen-bond donors (Lipinski definition) is 1. The van der Waals surface area contributed by atoms with Crippen molar-refractivity contribution in [2.45, 2.75) is 26.3 Å². The molecule has 0 spiro atoms. The minimum absolute atomic E-state index is 0.129. The highest BCUT2D eigenvalue weighted by Crippen LogP contribution is 2.27. The molecule has 1 fully saturated rings. The lowest BCUT2D eigenvalue weighted by molar-refractivity contribution is 0.576. The lowest BCUT2D eigenvalue weighted by Gasteiger charge is -2.07. The molecule has 0 unspecified atom stereocenters. The fourth-order valence-electron chi connectivity index (χ4n) is 1.59. The van der Waals surface area contributed by atoms with Crippen molar-refractivity contribution in [3.63, 3.8) is 0 Å². The first-order valence-electron chi connectivity index (χ1n) is 5.32. The van der Waals surface area contributed by atoms with Gasteiger partial charge in [0.05, 0.1) is 0 Å². The van der Waals surface area contributed by atoms with Gasteiger partial charge in [-0.3, -0.25) is 0 Å². The van der Waals surface area contributed by atoms with Crippen LogP contribution in [0.1, 0.15) is 24.0 Å². The zero-order valence-corrected chi connectivity index (χ0v) is 10.4. The molecular weight excluding hydrogens is 257 g/mol. The molecule has 1 N–H and O–H groups in total. The summed E-state index contributed by atoms with van der Waals surface area (Å²) in [5, 5.41) is 3.30. The van der Waals surface area contributed by atoms with E-state index in [0.29, 0.717) is 6.54 Å². The van der Waals surface area contributed by atoms with Gasteiger partial charge in [-0.25, -0.2) is 4.39 Å². The zero-order chi connectivity index (χ0) is 10.8. The molecule has 0 heterocycles. The van der Waals surface area contributed by atoms with E-state index in [1.54, 1.807) is 6.07 Å². The summed E-state index contributed by atoms with van der Waals surface area (Å²) in [5.41, 5.74) is 1.84. The summed E-state index contributed by atoms with van der Waals surface area (Å²) in [6.07, 6.45) is 2.66. The summed E-state index contributed by atoms with van der Waals surface area (Å²) in [5.74, 6) is 0.709. The highest BCUT2D eigenvalue weighted by Gasteiger charge is 2.20. The first kappa shape index (κ1) is 11.1. The number of hydrogen-bond acceptors (Lipinski definition) is 1. The van der Waals surface area contributed by atoms with Crippen LogP contribution in [-0.4, -0.2) is 6.54 Å². The van der Waals surface area contributed by atoms with E-state index in [-0.39, 0.29) is 5.82 Å². The summed E-state index contributed by atoms with van der Waals surface area (Å²) in [6.45, 7) is 3.64. The maximum Gasteiger partial charge on any atom is 0.128 e. The van der Waals surface area contributed by atoms with Gasteiger partial charge in [0.15, 0.2) is 0 Å². The Morgan fingerprint density at radius 3 is 2.87 bits per heavy atom. The van der Waals surface area contributed by atoms with E-state index >= 15 is 0 Å². The van der Waals surface area contributed by atoms with Crippen molar-refractivity contribution in [1.29, 1.82) is 0 Å². The smallest absolute Gasteiger partial charge is 0.128 e. The van der Waals surface area contributed by atoms with Crippen molar-refractivity contribution >= 4 is 15.9 Å². The molecule has 1 aliphatic carbocycles. The Balaban J connectivity index is 1.96. The van der Waals surface area contributed by atoms with Crippen molar-refractivity contribution in [3.05, 3.63) is 33.5 Å². The fourth-order valence-corrected chi connectivity index (χ4v) is 1.90. The molecule has 15 heavy (non-hydrogen) atoms. The highest BCUT2D eigenvalue weighted by molar-refractivity contribution is 9.10. The lowest BCUT2D eigenvalue weighted by Crippen LogP contribution is -2.17. The first-order valence-corrected chi connectivity index (χ1v) is 6.11. The summed E-state index contributed by atoms with van der Waals surface area (Å²) in [7, 11) is 0. The molecule has 1 aliphatic rings. The van der Waals surface area contributed by atoms with Crippen LogP contribution in [0.3, 0.4) is 0 Å². The van der Waals surface area contributed by atoms with Crippen LogP contribution in [0.15, 0.2) is 16.6 Å². The normalized spacial score (nSPS) is 15.7. The molecular formula is C12H15BrFN. The van der Waals surface area contributed by atoms with Crippen molar-refractivity contribution in [2.24, 2.45) is 5.92 Å². The molecule has 82 valence electrons. The van der Waals surface area contributed by atoms with E-state index in [2.05, 4.69) is 21.2 Å². The van der Waals surface area contributed by atoms with Gasteiger partial charge in [-0.05, 0) is 43.9 Å². The molecule has 0 aromatic heterocycles. The van der Waals surface area contributed by atoms with Crippen molar-refractivity contribution in [1.82, 2.24) is 5.32 Å². The Hall–Kier alpha value is -0.410. The Morgan fingerprint density at radius 1 is 1.47 bits per heavy atom. The second-order valence-electron chi connectivity index (χ2n) is 4.27. The van der Waals surface area contributed by atoms with Crippen LogP contribution in [-0.2, 0) is 6.54 Å². The minimum Gasteiger partial charge on any atom is -0.312 e. The average molecular weight is 272 g/mol. The van der Waals surface area contributed by atoms with Gasteiger partial charge in [0.2, 0.25) is 0 Å². The van der Waals surface area contributed by atoms with E-state index < -0.39 is 0 Å². The summed E-state index contributed by atoms with van der Waals surface area (Å²) in [4.78, 5) is 0. The molecule has 1 saturated carbocycles.